The first-order valence-corrected chi connectivity index (χ1v) is 10.0. The number of aromatic nitrogens is 3. The van der Waals surface area contributed by atoms with Gasteiger partial charge in [-0.2, -0.15) is 5.10 Å². The first kappa shape index (κ1) is 20.7. The van der Waals surface area contributed by atoms with Crippen LogP contribution in [0.4, 0.5) is 0 Å². The number of halogens is 1. The molecule has 8 nitrogen and oxygen atoms in total. The van der Waals surface area contributed by atoms with Crippen LogP contribution in [0, 0.1) is 0 Å². The van der Waals surface area contributed by atoms with E-state index in [1.54, 1.807) is 12.1 Å². The molecule has 0 atom stereocenters. The standard InChI is InChI=1S/C19H18ClN5O3S/c1-2-25-18(12-3-6-14(20)7-4-12)23-24-19(25)29-11-17(28)22-21-10-13-5-8-15(26)9-16(13)27/h3-10H,2,11H2,1H3,(H3,21,22,26,27,28). The summed E-state index contributed by atoms with van der Waals surface area (Å²) in [6.45, 7) is 2.66. The van der Waals surface area contributed by atoms with E-state index in [2.05, 4.69) is 20.7 Å². The summed E-state index contributed by atoms with van der Waals surface area (Å²) in [6, 6.07) is 11.3. The summed E-state index contributed by atoms with van der Waals surface area (Å²) in [5.41, 5.74) is 3.57. The van der Waals surface area contributed by atoms with E-state index in [1.165, 1.54) is 30.1 Å². The number of amides is 1. The zero-order valence-electron chi connectivity index (χ0n) is 15.4. The van der Waals surface area contributed by atoms with Crippen molar-refractivity contribution >= 4 is 35.5 Å². The normalized spacial score (nSPS) is 11.1. The molecule has 0 unspecified atom stereocenters. The van der Waals surface area contributed by atoms with Crippen LogP contribution in [0.15, 0.2) is 52.7 Å². The van der Waals surface area contributed by atoms with Gasteiger partial charge in [0.1, 0.15) is 5.75 Å². The number of hydrogen-bond donors (Lipinski definition) is 3. The van der Waals surface area contributed by atoms with Crippen molar-refractivity contribution in [2.45, 2.75) is 18.6 Å². The number of phenolic OH excluding ortho intramolecular Hbond substituents is 1. The van der Waals surface area contributed by atoms with E-state index in [0.29, 0.717) is 16.7 Å². The monoisotopic (exact) mass is 431 g/mol. The van der Waals surface area contributed by atoms with Crippen molar-refractivity contribution < 1.29 is 19.6 Å². The molecule has 1 heterocycles. The Kier molecular flexibility index (Phi) is 6.73. The molecule has 10 heteroatoms. The third kappa shape index (κ3) is 5.27. The fourth-order valence-corrected chi connectivity index (χ4v) is 3.45. The minimum Gasteiger partial charge on any atom is -0.872 e. The van der Waals surface area contributed by atoms with Crippen LogP contribution in [0.25, 0.3) is 11.4 Å². The van der Waals surface area contributed by atoms with Crippen molar-refractivity contribution in [3.63, 3.8) is 0 Å². The van der Waals surface area contributed by atoms with Gasteiger partial charge in [0, 0.05) is 5.02 Å². The van der Waals surface area contributed by atoms with Crippen LogP contribution in [0.2, 0.25) is 5.02 Å². The number of phenols is 1. The number of aromatic amines is 1. The minimum absolute atomic E-state index is 0.0993. The van der Waals surface area contributed by atoms with Gasteiger partial charge in [-0.1, -0.05) is 23.4 Å². The van der Waals surface area contributed by atoms with Gasteiger partial charge in [-0.25, -0.2) is 9.99 Å². The highest BCUT2D eigenvalue weighted by atomic mass is 35.5. The lowest BCUT2D eigenvalue weighted by molar-refractivity contribution is -0.719. The highest BCUT2D eigenvalue weighted by Crippen LogP contribution is 2.20. The number of hydrogen-bond acceptors (Lipinski definition) is 6. The lowest BCUT2D eigenvalue weighted by Crippen LogP contribution is -2.36. The number of aromatic hydroxyl groups is 1. The van der Waals surface area contributed by atoms with Crippen LogP contribution in [0.3, 0.4) is 0 Å². The zero-order chi connectivity index (χ0) is 20.8. The predicted octanol–water partition coefficient (Wildman–Crippen LogP) is 2.06. The lowest BCUT2D eigenvalue weighted by Gasteiger charge is -2.09. The maximum atomic E-state index is 12.0. The molecule has 29 heavy (non-hydrogen) atoms. The molecule has 150 valence electrons. The average molecular weight is 432 g/mol. The molecule has 3 N–H and O–H groups in total. The van der Waals surface area contributed by atoms with E-state index < -0.39 is 0 Å². The maximum Gasteiger partial charge on any atom is 0.337 e. The van der Waals surface area contributed by atoms with Crippen LogP contribution >= 0.6 is 23.4 Å². The smallest absolute Gasteiger partial charge is 0.337 e. The minimum atomic E-state index is -0.382. The number of carbonyl (C=O) groups excluding carboxylic acids is 1. The van der Waals surface area contributed by atoms with Gasteiger partial charge in [0.25, 0.3) is 11.7 Å². The predicted molar refractivity (Wildman–Crippen MR) is 109 cm³/mol. The number of carbonyl (C=O) groups is 1. The second-order valence-corrected chi connectivity index (χ2v) is 7.29. The molecule has 0 radical (unpaired) electrons. The van der Waals surface area contributed by atoms with Crippen molar-refractivity contribution in [3.05, 3.63) is 53.1 Å². The molecule has 3 aromatic rings. The second kappa shape index (κ2) is 9.44. The number of thioether (sulfide) groups is 1. The summed E-state index contributed by atoms with van der Waals surface area (Å²) < 4.78 is 1.96. The van der Waals surface area contributed by atoms with Gasteiger partial charge in [0.2, 0.25) is 0 Å². The average Bonchev–Trinajstić information content (AvgIpc) is 3.11. The van der Waals surface area contributed by atoms with Crippen molar-refractivity contribution in [2.24, 2.45) is 5.10 Å². The van der Waals surface area contributed by atoms with Gasteiger partial charge in [0.15, 0.2) is 0 Å². The van der Waals surface area contributed by atoms with E-state index in [0.717, 1.165) is 17.5 Å². The van der Waals surface area contributed by atoms with E-state index in [1.807, 2.05) is 23.6 Å². The summed E-state index contributed by atoms with van der Waals surface area (Å²) >= 11 is 7.20. The van der Waals surface area contributed by atoms with Crippen LogP contribution < -0.4 is 15.1 Å². The molecule has 0 bridgehead atoms. The molecular formula is C19H18ClN5O3S. The molecule has 0 saturated heterocycles. The highest BCUT2D eigenvalue weighted by Gasteiger charge is 2.21. The number of benzene rings is 2. The number of H-pyrrole nitrogens is 1. The largest absolute Gasteiger partial charge is 0.872 e. The molecular weight excluding hydrogens is 414 g/mol. The molecule has 0 saturated carbocycles. The van der Waals surface area contributed by atoms with E-state index in [9.17, 15) is 15.0 Å². The lowest BCUT2D eigenvalue weighted by atomic mass is 10.2. The Morgan fingerprint density at radius 2 is 2.14 bits per heavy atom. The molecule has 0 spiro atoms. The number of nitrogens with zero attached hydrogens (tertiary/aromatic N) is 3. The van der Waals surface area contributed by atoms with Gasteiger partial charge in [-0.05, 0) is 60.6 Å². The van der Waals surface area contributed by atoms with Crippen molar-refractivity contribution in [2.75, 3.05) is 5.75 Å². The third-order valence-corrected chi connectivity index (χ3v) is 5.14. The molecule has 0 aliphatic rings. The fourth-order valence-electron chi connectivity index (χ4n) is 2.51. The highest BCUT2D eigenvalue weighted by molar-refractivity contribution is 7.99. The Morgan fingerprint density at radius 1 is 1.38 bits per heavy atom. The number of nitrogens with one attached hydrogen (secondary N) is 2. The Morgan fingerprint density at radius 3 is 2.83 bits per heavy atom. The van der Waals surface area contributed by atoms with Crippen molar-refractivity contribution in [3.8, 4) is 22.9 Å². The van der Waals surface area contributed by atoms with Gasteiger partial charge in [-0.15, -0.1) is 5.10 Å². The van der Waals surface area contributed by atoms with E-state index in [-0.39, 0.29) is 28.7 Å². The van der Waals surface area contributed by atoms with Gasteiger partial charge < -0.3 is 10.2 Å². The van der Waals surface area contributed by atoms with Crippen LogP contribution in [0.5, 0.6) is 11.5 Å². The summed E-state index contributed by atoms with van der Waals surface area (Å²) in [4.78, 5) is 12.0. The number of rotatable bonds is 7. The van der Waals surface area contributed by atoms with Gasteiger partial charge in [0.05, 0.1) is 29.2 Å². The molecule has 0 aliphatic carbocycles. The topological polar surface area (TPSA) is 117 Å². The quantitative estimate of drug-likeness (QED) is 0.229. The number of hydrazone groups is 1. The third-order valence-electron chi connectivity index (χ3n) is 3.91. The first-order valence-electron chi connectivity index (χ1n) is 8.66. The summed E-state index contributed by atoms with van der Waals surface area (Å²) in [6.07, 6.45) is 1.24. The van der Waals surface area contributed by atoms with E-state index >= 15 is 0 Å². The SMILES string of the molecule is CC[n+]1c(SCC(=O)NN=Cc2ccc(O)cc2[O-])n[nH]c1-c1ccc(Cl)cc1. The zero-order valence-corrected chi connectivity index (χ0v) is 17.0. The maximum absolute atomic E-state index is 12.0. The molecule has 1 amide bonds. The molecule has 3 rings (SSSR count). The summed E-state index contributed by atoms with van der Waals surface area (Å²) in [5, 5.41) is 33.3. The Hall–Kier alpha value is -3.04. The van der Waals surface area contributed by atoms with Gasteiger partial charge in [-0.3, -0.25) is 4.79 Å². The molecule has 1 aromatic heterocycles. The van der Waals surface area contributed by atoms with Crippen LogP contribution in [-0.2, 0) is 11.3 Å². The molecule has 2 aromatic carbocycles. The fraction of sp³-hybridized carbons (Fsp3) is 0.158. The first-order chi connectivity index (χ1) is 14.0. The van der Waals surface area contributed by atoms with Crippen molar-refractivity contribution in [1.82, 2.24) is 15.6 Å². The summed E-state index contributed by atoms with van der Waals surface area (Å²) in [7, 11) is 0. The molecule has 0 fully saturated rings. The van der Waals surface area contributed by atoms with Crippen LogP contribution in [-0.4, -0.2) is 33.2 Å². The van der Waals surface area contributed by atoms with Crippen LogP contribution in [0.1, 0.15) is 12.5 Å². The Labute approximate surface area is 176 Å². The Bertz CT molecular complexity index is 1040. The second-order valence-electron chi connectivity index (χ2n) is 5.91. The van der Waals surface area contributed by atoms with E-state index in [4.69, 9.17) is 11.6 Å². The Balaban J connectivity index is 1.60. The molecule has 0 aliphatic heterocycles. The van der Waals surface area contributed by atoms with Gasteiger partial charge >= 0.3 is 5.16 Å². The summed E-state index contributed by atoms with van der Waals surface area (Å²) in [5.74, 6) is 0.0835. The van der Waals surface area contributed by atoms with Crippen molar-refractivity contribution in [1.29, 1.82) is 0 Å².